The molecular weight excluding hydrogens is 542 g/mol. The highest BCUT2D eigenvalue weighted by Crippen LogP contribution is 2.23. The zero-order chi connectivity index (χ0) is 21.4. The maximum atomic E-state index is 13.6. The summed E-state index contributed by atoms with van der Waals surface area (Å²) in [7, 11) is -2.81. The van der Waals surface area contributed by atoms with Gasteiger partial charge in [0.1, 0.15) is 5.82 Å². The van der Waals surface area contributed by atoms with E-state index < -0.39 is 26.6 Å². The highest BCUT2D eigenvalue weighted by atomic mass is 127. The van der Waals surface area contributed by atoms with E-state index in [1.807, 2.05) is 6.92 Å². The lowest BCUT2D eigenvalue weighted by Gasteiger charge is -2.30. The summed E-state index contributed by atoms with van der Waals surface area (Å²) in [5, 5.41) is 6.51. The molecule has 3 N–H and O–H groups in total. The van der Waals surface area contributed by atoms with Gasteiger partial charge in [0.2, 0.25) is 10.0 Å². The van der Waals surface area contributed by atoms with E-state index in [9.17, 15) is 17.0 Å². The number of aryl methyl sites for hydroxylation is 1. The molecule has 0 aliphatic heterocycles. The highest BCUT2D eigenvalue weighted by molar-refractivity contribution is 14.0. The van der Waals surface area contributed by atoms with E-state index in [0.29, 0.717) is 17.3 Å². The molecule has 1 fully saturated rings. The van der Waals surface area contributed by atoms with Crippen LogP contribution in [-0.2, 0) is 20.8 Å². The van der Waals surface area contributed by atoms with Crippen LogP contribution in [0.3, 0.4) is 0 Å². The van der Waals surface area contributed by atoms with Crippen LogP contribution in [0.4, 0.5) is 10.1 Å². The average molecular weight is 575 g/mol. The Kier molecular flexibility index (Phi) is 11.6. The minimum atomic E-state index is -3.63. The van der Waals surface area contributed by atoms with E-state index in [0.717, 1.165) is 25.7 Å². The monoisotopic (exact) mass is 574 g/mol. The fraction of sp³-hybridized carbons (Fsp3) is 0.632. The topological polar surface area (TPSA) is 99.7 Å². The Morgan fingerprint density at radius 2 is 2.07 bits per heavy atom. The quantitative estimate of drug-likeness (QED) is 0.252. The molecule has 3 unspecified atom stereocenters. The largest absolute Gasteiger partial charge is 0.355 e. The Hall–Kier alpha value is -0.950. The van der Waals surface area contributed by atoms with Gasteiger partial charge in [0.05, 0.1) is 11.4 Å². The van der Waals surface area contributed by atoms with Crippen LogP contribution in [0.15, 0.2) is 23.2 Å². The summed E-state index contributed by atoms with van der Waals surface area (Å²) < 4.78 is 52.5. The highest BCUT2D eigenvalue weighted by Gasteiger charge is 2.26. The molecule has 11 heteroatoms. The Morgan fingerprint density at radius 3 is 2.70 bits per heavy atom. The number of sulfonamides is 1. The first-order valence-electron chi connectivity index (χ1n) is 9.85. The average Bonchev–Trinajstić information content (AvgIpc) is 2.69. The summed E-state index contributed by atoms with van der Waals surface area (Å²) in [5.41, 5.74) is 0.657. The second-order valence-corrected chi connectivity index (χ2v) is 11.0. The Morgan fingerprint density at radius 1 is 1.33 bits per heavy atom. The first-order chi connectivity index (χ1) is 13.7. The van der Waals surface area contributed by atoms with Gasteiger partial charge in [-0.2, -0.15) is 0 Å². The van der Waals surface area contributed by atoms with E-state index in [2.05, 4.69) is 20.3 Å². The number of anilines is 1. The number of benzene rings is 1. The summed E-state index contributed by atoms with van der Waals surface area (Å²) in [6.07, 6.45) is 3.78. The number of guanidine groups is 1. The summed E-state index contributed by atoms with van der Waals surface area (Å²) in [6, 6.07) is 4.39. The number of hydrogen-bond donors (Lipinski definition) is 3. The molecule has 0 bridgehead atoms. The van der Waals surface area contributed by atoms with Crippen molar-refractivity contribution < 1.29 is 17.0 Å². The molecule has 30 heavy (non-hydrogen) atoms. The van der Waals surface area contributed by atoms with Gasteiger partial charge in [-0.25, -0.2) is 12.8 Å². The van der Waals surface area contributed by atoms with Gasteiger partial charge in [0.15, 0.2) is 5.96 Å². The molecule has 2 rings (SSSR count). The van der Waals surface area contributed by atoms with Gasteiger partial charge in [-0.05, 0) is 43.9 Å². The minimum absolute atomic E-state index is 0. The van der Waals surface area contributed by atoms with Crippen LogP contribution in [0.1, 0.15) is 38.2 Å². The van der Waals surface area contributed by atoms with Crippen molar-refractivity contribution >= 4 is 56.4 Å². The van der Waals surface area contributed by atoms with Crippen LogP contribution in [0.2, 0.25) is 0 Å². The van der Waals surface area contributed by atoms with E-state index >= 15 is 0 Å². The molecule has 0 heterocycles. The smallest absolute Gasteiger partial charge is 0.234 e. The fourth-order valence-corrected chi connectivity index (χ4v) is 5.64. The second-order valence-electron chi connectivity index (χ2n) is 7.18. The van der Waals surface area contributed by atoms with Crippen molar-refractivity contribution in [2.45, 2.75) is 50.8 Å². The van der Waals surface area contributed by atoms with Crippen LogP contribution in [-0.4, -0.2) is 55.0 Å². The van der Waals surface area contributed by atoms with Crippen molar-refractivity contribution in [3.05, 3.63) is 29.6 Å². The van der Waals surface area contributed by atoms with Gasteiger partial charge in [0.25, 0.3) is 0 Å². The Labute approximate surface area is 198 Å². The predicted molar refractivity (Wildman–Crippen MR) is 133 cm³/mol. The van der Waals surface area contributed by atoms with Crippen LogP contribution >= 0.6 is 24.0 Å². The zero-order valence-electron chi connectivity index (χ0n) is 17.6. The maximum Gasteiger partial charge on any atom is 0.234 e. The molecule has 3 atom stereocenters. The lowest BCUT2D eigenvalue weighted by molar-refractivity contribution is 0.414. The molecule has 1 aromatic rings. The van der Waals surface area contributed by atoms with E-state index in [1.54, 1.807) is 14.0 Å². The summed E-state index contributed by atoms with van der Waals surface area (Å²) in [6.45, 7) is 3.71. The van der Waals surface area contributed by atoms with Crippen molar-refractivity contribution in [3.63, 3.8) is 0 Å². The predicted octanol–water partition coefficient (Wildman–Crippen LogP) is 2.74. The van der Waals surface area contributed by atoms with Gasteiger partial charge in [-0.1, -0.05) is 19.4 Å². The van der Waals surface area contributed by atoms with Crippen LogP contribution in [0, 0.1) is 12.7 Å². The molecule has 0 spiro atoms. The normalized spacial score (nSPS) is 20.7. The van der Waals surface area contributed by atoms with Gasteiger partial charge in [-0.3, -0.25) is 13.9 Å². The van der Waals surface area contributed by atoms with Crippen molar-refractivity contribution in [3.8, 4) is 0 Å². The van der Waals surface area contributed by atoms with Crippen LogP contribution in [0.5, 0.6) is 0 Å². The molecule has 0 saturated heterocycles. The summed E-state index contributed by atoms with van der Waals surface area (Å²) in [4.78, 5) is 4.15. The number of nitrogens with one attached hydrogen (secondary N) is 3. The fourth-order valence-electron chi connectivity index (χ4n) is 3.33. The van der Waals surface area contributed by atoms with E-state index in [-0.39, 0.29) is 53.3 Å². The molecule has 0 aromatic heterocycles. The molecule has 1 saturated carbocycles. The van der Waals surface area contributed by atoms with Gasteiger partial charge in [-0.15, -0.1) is 24.0 Å². The van der Waals surface area contributed by atoms with Gasteiger partial charge in [0, 0.05) is 41.4 Å². The minimum Gasteiger partial charge on any atom is -0.355 e. The number of halogens is 2. The molecule has 1 aliphatic rings. The molecule has 0 radical (unpaired) electrons. The van der Waals surface area contributed by atoms with E-state index in [1.165, 1.54) is 18.2 Å². The number of nitrogens with zero attached hydrogens (tertiary/aromatic N) is 1. The molecule has 172 valence electrons. The van der Waals surface area contributed by atoms with E-state index in [4.69, 9.17) is 0 Å². The summed E-state index contributed by atoms with van der Waals surface area (Å²) >= 11 is 0. The van der Waals surface area contributed by atoms with Gasteiger partial charge >= 0.3 is 0 Å². The molecular formula is C19H32FIN4O3S2. The standard InChI is InChI=1S/C19H31FN4O3S2.HI/c1-4-28(25)17-7-5-6-15(12-17)23-19(21-3)22-10-11-29(26,27)24-16-9-8-14(2)18(20)13-16;/h8-9,13,15,17,24H,4-7,10-12H2,1-3H3,(H2,21,22,23);1H. The number of rotatable bonds is 8. The Balaban J connectivity index is 0.00000450. The third-order valence-corrected chi connectivity index (χ3v) is 7.98. The van der Waals surface area contributed by atoms with Gasteiger partial charge < -0.3 is 10.6 Å². The van der Waals surface area contributed by atoms with Crippen molar-refractivity contribution in [1.82, 2.24) is 10.6 Å². The third-order valence-electron chi connectivity index (χ3n) is 4.96. The van der Waals surface area contributed by atoms with Crippen molar-refractivity contribution in [2.75, 3.05) is 29.8 Å². The first-order valence-corrected chi connectivity index (χ1v) is 12.9. The lowest BCUT2D eigenvalue weighted by Crippen LogP contribution is -2.47. The lowest BCUT2D eigenvalue weighted by atomic mass is 9.95. The van der Waals surface area contributed by atoms with Crippen molar-refractivity contribution in [2.24, 2.45) is 4.99 Å². The maximum absolute atomic E-state index is 13.6. The summed E-state index contributed by atoms with van der Waals surface area (Å²) in [5.74, 6) is 0.549. The van der Waals surface area contributed by atoms with Crippen molar-refractivity contribution in [1.29, 1.82) is 0 Å². The third kappa shape index (κ3) is 8.66. The molecule has 1 aromatic carbocycles. The number of hydrogen-bond acceptors (Lipinski definition) is 4. The number of aliphatic imine (C=N–C) groups is 1. The molecule has 0 amide bonds. The SMILES string of the molecule is CCS(=O)C1CCCC(NC(=NC)NCCS(=O)(=O)Nc2ccc(C)c(F)c2)C1.I. The van der Waals surface area contributed by atoms with Crippen LogP contribution in [0.25, 0.3) is 0 Å². The molecule has 7 nitrogen and oxygen atoms in total. The zero-order valence-corrected chi connectivity index (χ0v) is 21.6. The van der Waals surface area contributed by atoms with Crippen LogP contribution < -0.4 is 15.4 Å². The Bertz CT molecular complexity index is 852. The first kappa shape index (κ1) is 27.1. The molecule has 1 aliphatic carbocycles. The second kappa shape index (κ2) is 12.8.